The van der Waals surface area contributed by atoms with Crippen LogP contribution >= 0.6 is 0 Å². The minimum Gasteiger partial charge on any atom is -0.338 e. The van der Waals surface area contributed by atoms with E-state index in [4.69, 9.17) is 10.3 Å². The predicted octanol–water partition coefficient (Wildman–Crippen LogP) is 2.21. The fourth-order valence-corrected chi connectivity index (χ4v) is 1.29. The van der Waals surface area contributed by atoms with Gasteiger partial charge in [-0.25, -0.2) is 0 Å². The molecule has 1 aromatic heterocycles. The highest BCUT2D eigenvalue weighted by atomic mass is 19.4. The standard InChI is InChI=1S/C10H8F3N3O/c11-10(12,13)7-3-1-2-6(4-7)9-15-8(5-14)17-16-9/h1-4H,5,14H2. The first kappa shape index (κ1) is 11.6. The van der Waals surface area contributed by atoms with E-state index < -0.39 is 11.7 Å². The number of nitrogens with zero attached hydrogens (tertiary/aromatic N) is 2. The lowest BCUT2D eigenvalue weighted by molar-refractivity contribution is -0.137. The molecule has 0 atom stereocenters. The Balaban J connectivity index is 2.39. The van der Waals surface area contributed by atoms with Crippen molar-refractivity contribution in [1.82, 2.24) is 10.1 Å². The van der Waals surface area contributed by atoms with Gasteiger partial charge in [0, 0.05) is 5.56 Å². The van der Waals surface area contributed by atoms with Crippen molar-refractivity contribution in [2.75, 3.05) is 0 Å². The molecule has 1 heterocycles. The Bertz CT molecular complexity index is 522. The smallest absolute Gasteiger partial charge is 0.338 e. The minimum absolute atomic E-state index is 0.0476. The van der Waals surface area contributed by atoms with Crippen LogP contribution in [-0.2, 0) is 12.7 Å². The van der Waals surface area contributed by atoms with Gasteiger partial charge < -0.3 is 10.3 Å². The van der Waals surface area contributed by atoms with Gasteiger partial charge in [-0.3, -0.25) is 0 Å². The third-order valence-electron chi connectivity index (χ3n) is 2.09. The lowest BCUT2D eigenvalue weighted by Gasteiger charge is -2.06. The topological polar surface area (TPSA) is 64.9 Å². The van der Waals surface area contributed by atoms with E-state index in [1.54, 1.807) is 0 Å². The zero-order valence-electron chi connectivity index (χ0n) is 8.53. The summed E-state index contributed by atoms with van der Waals surface area (Å²) in [5, 5.41) is 3.55. The maximum Gasteiger partial charge on any atom is 0.416 e. The van der Waals surface area contributed by atoms with Gasteiger partial charge in [-0.1, -0.05) is 17.3 Å². The van der Waals surface area contributed by atoms with Crippen LogP contribution in [0.3, 0.4) is 0 Å². The molecule has 1 aromatic carbocycles. The summed E-state index contributed by atoms with van der Waals surface area (Å²) in [4.78, 5) is 3.85. The van der Waals surface area contributed by atoms with Crippen molar-refractivity contribution in [1.29, 1.82) is 0 Å². The van der Waals surface area contributed by atoms with Crippen molar-refractivity contribution in [3.8, 4) is 11.4 Å². The zero-order chi connectivity index (χ0) is 12.5. The molecule has 0 spiro atoms. The molecule has 0 saturated carbocycles. The van der Waals surface area contributed by atoms with Gasteiger partial charge in [-0.2, -0.15) is 18.2 Å². The second kappa shape index (κ2) is 4.17. The summed E-state index contributed by atoms with van der Waals surface area (Å²) in [5.74, 6) is 0.272. The van der Waals surface area contributed by atoms with E-state index in [9.17, 15) is 13.2 Å². The molecule has 2 N–H and O–H groups in total. The average Bonchev–Trinajstić information content (AvgIpc) is 2.76. The van der Waals surface area contributed by atoms with Gasteiger partial charge in [0.2, 0.25) is 11.7 Å². The summed E-state index contributed by atoms with van der Waals surface area (Å²) >= 11 is 0. The molecule has 0 aliphatic carbocycles. The van der Waals surface area contributed by atoms with Crippen LogP contribution in [0.1, 0.15) is 11.5 Å². The second-order valence-corrected chi connectivity index (χ2v) is 3.29. The lowest BCUT2D eigenvalue weighted by Crippen LogP contribution is -2.04. The van der Waals surface area contributed by atoms with Crippen LogP contribution < -0.4 is 5.73 Å². The van der Waals surface area contributed by atoms with Gasteiger partial charge in [0.15, 0.2) is 0 Å². The van der Waals surface area contributed by atoms with Crippen LogP contribution in [0.15, 0.2) is 28.8 Å². The molecule has 0 aliphatic rings. The molecule has 7 heteroatoms. The van der Waals surface area contributed by atoms with Gasteiger partial charge >= 0.3 is 6.18 Å². The molecule has 0 bridgehead atoms. The average molecular weight is 243 g/mol. The highest BCUT2D eigenvalue weighted by molar-refractivity contribution is 5.55. The Hall–Kier alpha value is -1.89. The van der Waals surface area contributed by atoms with Crippen LogP contribution in [-0.4, -0.2) is 10.1 Å². The monoisotopic (exact) mass is 243 g/mol. The maximum atomic E-state index is 12.5. The summed E-state index contributed by atoms with van der Waals surface area (Å²) in [5.41, 5.74) is 4.75. The van der Waals surface area contributed by atoms with E-state index in [0.717, 1.165) is 12.1 Å². The van der Waals surface area contributed by atoms with Crippen LogP contribution in [0, 0.1) is 0 Å². The van der Waals surface area contributed by atoms with E-state index in [2.05, 4.69) is 10.1 Å². The van der Waals surface area contributed by atoms with Gasteiger partial charge in [0.25, 0.3) is 0 Å². The Morgan fingerprint density at radius 1 is 1.29 bits per heavy atom. The number of hydrogen-bond acceptors (Lipinski definition) is 4. The highest BCUT2D eigenvalue weighted by Crippen LogP contribution is 2.31. The fraction of sp³-hybridized carbons (Fsp3) is 0.200. The fourth-order valence-electron chi connectivity index (χ4n) is 1.29. The van der Waals surface area contributed by atoms with E-state index >= 15 is 0 Å². The van der Waals surface area contributed by atoms with Crippen LogP contribution in [0.5, 0.6) is 0 Å². The Morgan fingerprint density at radius 2 is 2.06 bits per heavy atom. The van der Waals surface area contributed by atoms with Crippen molar-refractivity contribution in [2.24, 2.45) is 5.73 Å². The maximum absolute atomic E-state index is 12.5. The molecule has 0 aliphatic heterocycles. The van der Waals surface area contributed by atoms with Gasteiger partial charge in [-0.05, 0) is 12.1 Å². The van der Waals surface area contributed by atoms with E-state index in [0.29, 0.717) is 0 Å². The van der Waals surface area contributed by atoms with Crippen molar-refractivity contribution in [3.63, 3.8) is 0 Å². The van der Waals surface area contributed by atoms with E-state index in [1.807, 2.05) is 0 Å². The number of halogens is 3. The molecular formula is C10H8F3N3O. The lowest BCUT2D eigenvalue weighted by atomic mass is 10.1. The normalized spacial score (nSPS) is 11.8. The molecule has 2 rings (SSSR count). The number of benzene rings is 1. The van der Waals surface area contributed by atoms with E-state index in [1.165, 1.54) is 12.1 Å². The first-order valence-electron chi connectivity index (χ1n) is 4.71. The minimum atomic E-state index is -4.39. The number of rotatable bonds is 2. The first-order valence-corrected chi connectivity index (χ1v) is 4.71. The van der Waals surface area contributed by atoms with Crippen LogP contribution in [0.4, 0.5) is 13.2 Å². The molecule has 0 radical (unpaired) electrons. The third-order valence-corrected chi connectivity index (χ3v) is 2.09. The molecule has 0 fully saturated rings. The molecule has 17 heavy (non-hydrogen) atoms. The van der Waals surface area contributed by atoms with E-state index in [-0.39, 0.29) is 23.8 Å². The number of nitrogens with two attached hydrogens (primary N) is 1. The van der Waals surface area contributed by atoms with Crippen molar-refractivity contribution < 1.29 is 17.7 Å². The van der Waals surface area contributed by atoms with Crippen molar-refractivity contribution in [2.45, 2.75) is 12.7 Å². The summed E-state index contributed by atoms with van der Waals surface area (Å²) in [6.07, 6.45) is -4.39. The van der Waals surface area contributed by atoms with Crippen LogP contribution in [0.2, 0.25) is 0 Å². The third kappa shape index (κ3) is 2.44. The summed E-state index contributed by atoms with van der Waals surface area (Å²) in [6, 6.07) is 4.70. The molecule has 4 nitrogen and oxygen atoms in total. The Kier molecular flexibility index (Phi) is 2.84. The first-order chi connectivity index (χ1) is 8.00. The molecule has 0 unspecified atom stereocenters. The molecule has 90 valence electrons. The molecule has 0 amide bonds. The largest absolute Gasteiger partial charge is 0.416 e. The second-order valence-electron chi connectivity index (χ2n) is 3.29. The number of alkyl halides is 3. The van der Waals surface area contributed by atoms with Gasteiger partial charge in [0.1, 0.15) is 0 Å². The van der Waals surface area contributed by atoms with Crippen LogP contribution in [0.25, 0.3) is 11.4 Å². The summed E-state index contributed by atoms with van der Waals surface area (Å²) < 4.78 is 42.1. The zero-order valence-corrected chi connectivity index (χ0v) is 8.53. The van der Waals surface area contributed by atoms with Gasteiger partial charge in [-0.15, -0.1) is 0 Å². The number of aromatic nitrogens is 2. The molecule has 2 aromatic rings. The highest BCUT2D eigenvalue weighted by Gasteiger charge is 2.30. The molecular weight excluding hydrogens is 235 g/mol. The number of hydrogen-bond donors (Lipinski definition) is 1. The van der Waals surface area contributed by atoms with Crippen molar-refractivity contribution in [3.05, 3.63) is 35.7 Å². The Labute approximate surface area is 94.2 Å². The summed E-state index contributed by atoms with van der Waals surface area (Å²) in [6.45, 7) is 0.0476. The molecule has 0 saturated heterocycles. The Morgan fingerprint density at radius 3 is 2.65 bits per heavy atom. The summed E-state index contributed by atoms with van der Waals surface area (Å²) in [7, 11) is 0. The van der Waals surface area contributed by atoms with Gasteiger partial charge in [0.05, 0.1) is 12.1 Å². The van der Waals surface area contributed by atoms with Crippen molar-refractivity contribution >= 4 is 0 Å². The predicted molar refractivity (Wildman–Crippen MR) is 52.6 cm³/mol. The quantitative estimate of drug-likeness (QED) is 0.878. The SMILES string of the molecule is NCc1nc(-c2cccc(C(F)(F)F)c2)no1.